The molecule has 0 aliphatic carbocycles. The quantitative estimate of drug-likeness (QED) is 0.860. The number of nitrogens with zero attached hydrogens (tertiary/aromatic N) is 3. The maximum Gasteiger partial charge on any atom is 0.263 e. The van der Waals surface area contributed by atoms with Crippen LogP contribution >= 0.6 is 11.5 Å². The molecule has 2 rings (SSSR count). The van der Waals surface area contributed by atoms with Gasteiger partial charge in [-0.05, 0) is 29.8 Å². The first kappa shape index (κ1) is 12.9. The summed E-state index contributed by atoms with van der Waals surface area (Å²) in [6.45, 7) is 1.56. The monoisotopic (exact) mass is 286 g/mol. The van der Waals surface area contributed by atoms with Gasteiger partial charge in [-0.2, -0.15) is 0 Å². The van der Waals surface area contributed by atoms with Crippen LogP contribution in [0.15, 0.2) is 29.2 Å². The lowest BCUT2D eigenvalue weighted by Gasteiger charge is -2.08. The Kier molecular flexibility index (Phi) is 3.55. The van der Waals surface area contributed by atoms with E-state index < -0.39 is 16.1 Å². The van der Waals surface area contributed by atoms with Gasteiger partial charge in [-0.15, -0.1) is 0 Å². The Bertz CT molecular complexity index is 625. The van der Waals surface area contributed by atoms with Gasteiger partial charge in [0.1, 0.15) is 0 Å². The predicted octanol–water partition coefficient (Wildman–Crippen LogP) is 0.787. The second-order valence-electron chi connectivity index (χ2n) is 3.52. The number of aromatic nitrogens is 3. The molecule has 0 aliphatic rings. The number of benzene rings is 1. The largest absolute Gasteiger partial charge is 0.389 e. The Morgan fingerprint density at radius 2 is 2.22 bits per heavy atom. The summed E-state index contributed by atoms with van der Waals surface area (Å²) < 4.78 is 29.7. The first-order valence-electron chi connectivity index (χ1n) is 4.95. The van der Waals surface area contributed by atoms with Crippen molar-refractivity contribution in [1.82, 2.24) is 14.8 Å². The van der Waals surface area contributed by atoms with Gasteiger partial charge < -0.3 is 5.11 Å². The molecule has 9 heteroatoms. The minimum atomic E-state index is -3.73. The van der Waals surface area contributed by atoms with Crippen LogP contribution in [-0.4, -0.2) is 28.3 Å². The van der Waals surface area contributed by atoms with Crippen molar-refractivity contribution in [1.29, 1.82) is 0 Å². The summed E-state index contributed by atoms with van der Waals surface area (Å²) in [6, 6.07) is 6.05. The number of hydrogen-bond donors (Lipinski definition) is 2. The van der Waals surface area contributed by atoms with E-state index in [4.69, 9.17) is 0 Å². The molecule has 96 valence electrons. The molecule has 18 heavy (non-hydrogen) atoms. The lowest BCUT2D eigenvalue weighted by atomic mass is 10.1. The van der Waals surface area contributed by atoms with E-state index in [0.717, 1.165) is 11.5 Å². The van der Waals surface area contributed by atoms with Crippen molar-refractivity contribution < 1.29 is 13.5 Å². The molecule has 1 atom stereocenters. The molecular weight excluding hydrogens is 276 g/mol. The second-order valence-corrected chi connectivity index (χ2v) is 5.94. The number of nitrogens with one attached hydrogen (secondary N) is 1. The van der Waals surface area contributed by atoms with Crippen LogP contribution in [-0.2, 0) is 10.0 Å². The first-order chi connectivity index (χ1) is 8.49. The molecule has 1 unspecified atom stereocenters. The fraction of sp³-hybridized carbons (Fsp3) is 0.222. The Labute approximate surface area is 108 Å². The highest BCUT2D eigenvalue weighted by molar-refractivity contribution is 7.93. The third-order valence-electron chi connectivity index (χ3n) is 2.17. The summed E-state index contributed by atoms with van der Waals surface area (Å²) in [5.74, 6) is 0. The molecule has 0 radical (unpaired) electrons. The molecule has 0 saturated carbocycles. The predicted molar refractivity (Wildman–Crippen MR) is 65.6 cm³/mol. The van der Waals surface area contributed by atoms with Gasteiger partial charge in [0.15, 0.2) is 0 Å². The highest BCUT2D eigenvalue weighted by Crippen LogP contribution is 2.19. The third kappa shape index (κ3) is 2.81. The van der Waals surface area contributed by atoms with E-state index >= 15 is 0 Å². The Hall–Kier alpha value is -1.58. The zero-order valence-electron chi connectivity index (χ0n) is 9.31. The highest BCUT2D eigenvalue weighted by atomic mass is 32.2. The van der Waals surface area contributed by atoms with Crippen LogP contribution < -0.4 is 4.72 Å². The van der Waals surface area contributed by atoms with Crippen molar-refractivity contribution in [3.05, 3.63) is 29.8 Å². The van der Waals surface area contributed by atoms with Crippen molar-refractivity contribution in [2.45, 2.75) is 17.9 Å². The average Bonchev–Trinajstić information content (AvgIpc) is 2.81. The highest BCUT2D eigenvalue weighted by Gasteiger charge is 2.17. The first-order valence-corrected chi connectivity index (χ1v) is 7.20. The number of aliphatic hydroxyl groups is 1. The maximum atomic E-state index is 12.0. The summed E-state index contributed by atoms with van der Waals surface area (Å²) in [6.07, 6.45) is -0.733. The van der Waals surface area contributed by atoms with E-state index in [-0.39, 0.29) is 10.0 Å². The van der Waals surface area contributed by atoms with Crippen LogP contribution in [0.5, 0.6) is 0 Å². The minimum Gasteiger partial charge on any atom is -0.389 e. The van der Waals surface area contributed by atoms with Gasteiger partial charge in [-0.1, -0.05) is 21.7 Å². The molecule has 1 aromatic heterocycles. The fourth-order valence-corrected chi connectivity index (χ4v) is 2.93. The normalized spacial score (nSPS) is 13.2. The molecule has 2 aromatic rings. The molecule has 0 spiro atoms. The number of hydrogen-bond acceptors (Lipinski definition) is 7. The maximum absolute atomic E-state index is 12.0. The number of rotatable bonds is 4. The molecule has 1 aromatic carbocycles. The van der Waals surface area contributed by atoms with Crippen LogP contribution in [0.1, 0.15) is 18.6 Å². The zero-order valence-corrected chi connectivity index (χ0v) is 10.9. The standard InChI is InChI=1S/C9H10N4O3S2/c1-6(14)7-3-2-4-8(5-7)18(15,16)11-9-10-12-13-17-9/h2-6,14H,1H3,(H,10,11,13). The Balaban J connectivity index is 2.32. The van der Waals surface area contributed by atoms with E-state index in [1.165, 1.54) is 12.1 Å². The number of sulfonamides is 1. The smallest absolute Gasteiger partial charge is 0.263 e. The fourth-order valence-electron chi connectivity index (χ4n) is 1.29. The summed E-state index contributed by atoms with van der Waals surface area (Å²) in [5.41, 5.74) is 0.522. The van der Waals surface area contributed by atoms with Crippen molar-refractivity contribution in [2.24, 2.45) is 0 Å². The van der Waals surface area contributed by atoms with Gasteiger partial charge in [0, 0.05) is 11.5 Å². The lowest BCUT2D eigenvalue weighted by molar-refractivity contribution is 0.199. The van der Waals surface area contributed by atoms with Gasteiger partial charge in [0.2, 0.25) is 5.13 Å². The van der Waals surface area contributed by atoms with E-state index in [1.54, 1.807) is 19.1 Å². The van der Waals surface area contributed by atoms with Crippen molar-refractivity contribution in [3.8, 4) is 0 Å². The third-order valence-corrected chi connectivity index (χ3v) is 4.15. The van der Waals surface area contributed by atoms with Crippen LogP contribution in [0.3, 0.4) is 0 Å². The summed E-state index contributed by atoms with van der Waals surface area (Å²) in [4.78, 5) is 0.0519. The summed E-state index contributed by atoms with van der Waals surface area (Å²) in [7, 11) is -3.73. The number of anilines is 1. The van der Waals surface area contributed by atoms with Crippen molar-refractivity contribution >= 4 is 26.7 Å². The average molecular weight is 286 g/mol. The molecule has 7 nitrogen and oxygen atoms in total. The molecule has 0 amide bonds. The Morgan fingerprint density at radius 1 is 1.44 bits per heavy atom. The topological polar surface area (TPSA) is 105 Å². The molecule has 0 bridgehead atoms. The molecule has 2 N–H and O–H groups in total. The molecule has 1 heterocycles. The van der Waals surface area contributed by atoms with Gasteiger partial charge in [0.05, 0.1) is 11.0 Å². The van der Waals surface area contributed by atoms with E-state index in [2.05, 4.69) is 19.5 Å². The van der Waals surface area contributed by atoms with E-state index in [1.807, 2.05) is 0 Å². The van der Waals surface area contributed by atoms with Crippen LogP contribution in [0.4, 0.5) is 5.13 Å². The van der Waals surface area contributed by atoms with Crippen molar-refractivity contribution in [3.63, 3.8) is 0 Å². The SMILES string of the molecule is CC(O)c1cccc(S(=O)(=O)Nc2nnns2)c1. The van der Waals surface area contributed by atoms with Gasteiger partial charge >= 0.3 is 0 Å². The molecular formula is C9H10N4O3S2. The molecule has 0 aliphatic heterocycles. The lowest BCUT2D eigenvalue weighted by Crippen LogP contribution is -2.13. The molecule has 0 saturated heterocycles. The number of aliphatic hydroxyl groups excluding tert-OH is 1. The van der Waals surface area contributed by atoms with Gasteiger partial charge in [0.25, 0.3) is 10.0 Å². The summed E-state index contributed by atoms with van der Waals surface area (Å²) >= 11 is 0.843. The Morgan fingerprint density at radius 3 is 2.83 bits per heavy atom. The van der Waals surface area contributed by atoms with Crippen LogP contribution in [0.2, 0.25) is 0 Å². The second kappa shape index (κ2) is 4.96. The van der Waals surface area contributed by atoms with Crippen molar-refractivity contribution in [2.75, 3.05) is 4.72 Å². The molecule has 0 fully saturated rings. The zero-order chi connectivity index (χ0) is 13.2. The van der Waals surface area contributed by atoms with E-state index in [9.17, 15) is 13.5 Å². The van der Waals surface area contributed by atoms with E-state index in [0.29, 0.717) is 5.56 Å². The summed E-state index contributed by atoms with van der Waals surface area (Å²) in [5, 5.41) is 16.3. The van der Waals surface area contributed by atoms with Crippen LogP contribution in [0.25, 0.3) is 0 Å². The van der Waals surface area contributed by atoms with Gasteiger partial charge in [-0.25, -0.2) is 8.42 Å². The minimum absolute atomic E-state index is 0.0519. The van der Waals surface area contributed by atoms with Gasteiger partial charge in [-0.3, -0.25) is 4.72 Å². The van der Waals surface area contributed by atoms with Crippen LogP contribution in [0, 0.1) is 0 Å².